The number of halogens is 7. The summed E-state index contributed by atoms with van der Waals surface area (Å²) in [5, 5.41) is -0.112. The molecule has 1 nitrogen and oxygen atoms in total. The molecule has 184 valence electrons. The van der Waals surface area contributed by atoms with E-state index in [0.29, 0.717) is 0 Å². The van der Waals surface area contributed by atoms with E-state index in [1.807, 2.05) is 0 Å². The maximum Gasteiger partial charge on any atom is 0.271 e. The summed E-state index contributed by atoms with van der Waals surface area (Å²) in [5.74, 6) is -5.12. The van der Waals surface area contributed by atoms with E-state index in [2.05, 4.69) is 0 Å². The molecule has 0 aliphatic heterocycles. The highest BCUT2D eigenvalue weighted by molar-refractivity contribution is 5.90. The van der Waals surface area contributed by atoms with E-state index in [1.165, 1.54) is 30.3 Å². The highest BCUT2D eigenvalue weighted by atomic mass is 19.3. The molecule has 0 aliphatic carbocycles. The minimum atomic E-state index is -2.25. The van der Waals surface area contributed by atoms with Gasteiger partial charge in [0.15, 0.2) is 0 Å². The van der Waals surface area contributed by atoms with Crippen LogP contribution in [-0.4, -0.2) is 6.61 Å². The smallest absolute Gasteiger partial charge is 0.271 e. The SMILES string of the molecule is CC=CCOc1cc(F)c(-c2ccc(-c3ccc4c(F)c(C=C(F)F)c(F)cc4c3)c(F)c2)c(F)c1. The van der Waals surface area contributed by atoms with Gasteiger partial charge in [-0.1, -0.05) is 36.4 Å². The van der Waals surface area contributed by atoms with E-state index in [-0.39, 0.29) is 45.9 Å². The van der Waals surface area contributed by atoms with Gasteiger partial charge in [-0.2, -0.15) is 8.78 Å². The van der Waals surface area contributed by atoms with Crippen LogP contribution in [0.15, 0.2) is 72.8 Å². The zero-order chi connectivity index (χ0) is 26.0. The molecule has 0 bridgehead atoms. The number of hydrogen-bond donors (Lipinski definition) is 0. The predicted octanol–water partition coefficient (Wildman–Crippen LogP) is 9.06. The third-order valence-corrected chi connectivity index (χ3v) is 5.48. The molecule has 0 amide bonds. The molecule has 8 heteroatoms. The Morgan fingerprint density at radius 1 is 0.778 bits per heavy atom. The third-order valence-electron chi connectivity index (χ3n) is 5.48. The first-order valence-electron chi connectivity index (χ1n) is 10.7. The number of fused-ring (bicyclic) bond motifs is 1. The van der Waals surface area contributed by atoms with Crippen LogP contribution in [0.5, 0.6) is 5.75 Å². The molecule has 0 heterocycles. The van der Waals surface area contributed by atoms with Gasteiger partial charge in [-0.05, 0) is 41.6 Å². The van der Waals surface area contributed by atoms with Crippen molar-refractivity contribution in [3.63, 3.8) is 0 Å². The lowest BCUT2D eigenvalue weighted by molar-refractivity contribution is 0.358. The van der Waals surface area contributed by atoms with Crippen molar-refractivity contribution in [2.24, 2.45) is 0 Å². The number of benzene rings is 4. The Hall–Kier alpha value is -4.07. The zero-order valence-corrected chi connectivity index (χ0v) is 18.7. The van der Waals surface area contributed by atoms with E-state index in [1.54, 1.807) is 19.1 Å². The van der Waals surface area contributed by atoms with Crippen molar-refractivity contribution in [2.75, 3.05) is 6.61 Å². The topological polar surface area (TPSA) is 9.23 Å². The van der Waals surface area contributed by atoms with Crippen molar-refractivity contribution >= 4 is 16.8 Å². The molecule has 4 aromatic carbocycles. The minimum Gasteiger partial charge on any atom is -0.489 e. The molecule has 0 saturated carbocycles. The average Bonchev–Trinajstić information content (AvgIpc) is 2.81. The molecule has 0 aromatic heterocycles. The second kappa shape index (κ2) is 10.3. The van der Waals surface area contributed by atoms with Crippen LogP contribution < -0.4 is 4.74 Å². The van der Waals surface area contributed by atoms with E-state index < -0.39 is 46.3 Å². The second-order valence-electron chi connectivity index (χ2n) is 7.79. The summed E-state index contributed by atoms with van der Waals surface area (Å²) in [6.45, 7) is 1.90. The number of rotatable bonds is 6. The second-order valence-corrected chi connectivity index (χ2v) is 7.79. The van der Waals surface area contributed by atoms with E-state index in [4.69, 9.17) is 4.74 Å². The van der Waals surface area contributed by atoms with Gasteiger partial charge < -0.3 is 4.74 Å². The van der Waals surface area contributed by atoms with Gasteiger partial charge in [-0.3, -0.25) is 0 Å². The van der Waals surface area contributed by atoms with Crippen LogP contribution in [0.1, 0.15) is 12.5 Å². The summed E-state index contributed by atoms with van der Waals surface area (Å²) in [5.41, 5.74) is -1.16. The summed E-state index contributed by atoms with van der Waals surface area (Å²) in [4.78, 5) is 0. The predicted molar refractivity (Wildman–Crippen MR) is 125 cm³/mol. The summed E-state index contributed by atoms with van der Waals surface area (Å²) in [7, 11) is 0. The molecule has 0 unspecified atom stereocenters. The standard InChI is InChI=1S/C28H17F7O/c1-2-3-8-36-18-12-24(31)27(25(32)13-18)16-5-6-19(22(29)10-16)15-4-7-20-17(9-15)11-23(30)21(28(20)35)14-26(33)34/h2-7,9-14H,8H2,1H3. The van der Waals surface area contributed by atoms with Gasteiger partial charge >= 0.3 is 0 Å². The summed E-state index contributed by atoms with van der Waals surface area (Å²) in [6, 6.07) is 10.2. The summed E-state index contributed by atoms with van der Waals surface area (Å²) >= 11 is 0. The Balaban J connectivity index is 1.71. The van der Waals surface area contributed by atoms with Crippen molar-refractivity contribution in [3.8, 4) is 28.0 Å². The van der Waals surface area contributed by atoms with Gasteiger partial charge in [-0.15, -0.1) is 0 Å². The molecule has 0 atom stereocenters. The van der Waals surface area contributed by atoms with Crippen LogP contribution in [0, 0.1) is 29.1 Å². The van der Waals surface area contributed by atoms with Crippen LogP contribution in [0.25, 0.3) is 39.1 Å². The quantitative estimate of drug-likeness (QED) is 0.189. The van der Waals surface area contributed by atoms with Crippen LogP contribution in [0.2, 0.25) is 0 Å². The van der Waals surface area contributed by atoms with Crippen molar-refractivity contribution < 1.29 is 35.5 Å². The first-order chi connectivity index (χ1) is 17.2. The Labute approximate surface area is 201 Å². The number of allylic oxidation sites excluding steroid dienone is 1. The van der Waals surface area contributed by atoms with E-state index >= 15 is 4.39 Å². The highest BCUT2D eigenvalue weighted by Gasteiger charge is 2.18. The first kappa shape index (κ1) is 25.0. The molecule has 0 N–H and O–H groups in total. The monoisotopic (exact) mass is 502 g/mol. The maximum atomic E-state index is 15.0. The minimum absolute atomic E-state index is 0.00682. The van der Waals surface area contributed by atoms with Gasteiger partial charge in [0.25, 0.3) is 6.08 Å². The van der Waals surface area contributed by atoms with Crippen LogP contribution in [0.4, 0.5) is 30.7 Å². The molecule has 4 aromatic rings. The third kappa shape index (κ3) is 4.98. The number of hydrogen-bond acceptors (Lipinski definition) is 1. The zero-order valence-electron chi connectivity index (χ0n) is 18.7. The first-order valence-corrected chi connectivity index (χ1v) is 10.7. The molecule has 36 heavy (non-hydrogen) atoms. The van der Waals surface area contributed by atoms with Gasteiger partial charge in [0.2, 0.25) is 0 Å². The van der Waals surface area contributed by atoms with Gasteiger partial charge in [-0.25, -0.2) is 22.0 Å². The number of ether oxygens (including phenoxy) is 1. The molecule has 4 rings (SSSR count). The maximum absolute atomic E-state index is 15.0. The fraction of sp³-hybridized carbons (Fsp3) is 0.0714. The van der Waals surface area contributed by atoms with Crippen molar-refractivity contribution in [1.82, 2.24) is 0 Å². The highest BCUT2D eigenvalue weighted by Crippen LogP contribution is 2.35. The fourth-order valence-corrected chi connectivity index (χ4v) is 3.81. The molecule has 0 saturated heterocycles. The fourth-order valence-electron chi connectivity index (χ4n) is 3.81. The van der Waals surface area contributed by atoms with E-state index in [9.17, 15) is 26.3 Å². The molecular formula is C28H17F7O. The lowest BCUT2D eigenvalue weighted by Crippen LogP contribution is -1.98. The van der Waals surface area contributed by atoms with E-state index in [0.717, 1.165) is 24.3 Å². The van der Waals surface area contributed by atoms with Gasteiger partial charge in [0.1, 0.15) is 41.4 Å². The molecule has 0 spiro atoms. The Morgan fingerprint density at radius 2 is 1.47 bits per heavy atom. The average molecular weight is 502 g/mol. The molecule has 0 fully saturated rings. The lowest BCUT2D eigenvalue weighted by atomic mass is 9.96. The Morgan fingerprint density at radius 3 is 2.11 bits per heavy atom. The van der Waals surface area contributed by atoms with Crippen LogP contribution in [0.3, 0.4) is 0 Å². The summed E-state index contributed by atoms with van der Waals surface area (Å²) in [6.07, 6.45) is 1.22. The Bertz CT molecular complexity index is 1500. The van der Waals surface area contributed by atoms with Gasteiger partial charge in [0.05, 0.1) is 11.1 Å². The summed E-state index contributed by atoms with van der Waals surface area (Å²) < 4.78 is 103. The normalized spacial score (nSPS) is 11.3. The van der Waals surface area contributed by atoms with Crippen molar-refractivity contribution in [3.05, 3.63) is 107 Å². The van der Waals surface area contributed by atoms with Crippen LogP contribution in [-0.2, 0) is 0 Å². The largest absolute Gasteiger partial charge is 0.489 e. The molecule has 0 aliphatic rings. The van der Waals surface area contributed by atoms with Crippen LogP contribution >= 0.6 is 0 Å². The van der Waals surface area contributed by atoms with Gasteiger partial charge in [0, 0.05) is 29.2 Å². The molecule has 0 radical (unpaired) electrons. The van der Waals surface area contributed by atoms with Crippen molar-refractivity contribution in [1.29, 1.82) is 0 Å². The Kier molecular flexibility index (Phi) is 7.15. The molecular weight excluding hydrogens is 485 g/mol. The van der Waals surface area contributed by atoms with Crippen molar-refractivity contribution in [2.45, 2.75) is 6.92 Å². The lowest BCUT2D eigenvalue weighted by Gasteiger charge is -2.12.